The molecule has 0 spiro atoms. The number of amides is 1. The van der Waals surface area contributed by atoms with E-state index in [-0.39, 0.29) is 5.91 Å². The first kappa shape index (κ1) is 19.8. The molecule has 5 N–H and O–H groups in total. The van der Waals surface area contributed by atoms with Crippen molar-refractivity contribution in [3.63, 3.8) is 0 Å². The fraction of sp³-hybridized carbons (Fsp3) is 0.435. The van der Waals surface area contributed by atoms with Crippen molar-refractivity contribution < 1.29 is 4.79 Å². The molecular formula is C23H29N7O. The number of piperidine rings is 1. The molecular weight excluding hydrogens is 390 g/mol. The van der Waals surface area contributed by atoms with Crippen LogP contribution in [0, 0.1) is 12.8 Å². The third-order valence-electron chi connectivity index (χ3n) is 6.22. The van der Waals surface area contributed by atoms with Gasteiger partial charge in [-0.15, -0.1) is 0 Å². The van der Waals surface area contributed by atoms with E-state index in [1.165, 1.54) is 12.8 Å². The summed E-state index contributed by atoms with van der Waals surface area (Å²) in [7, 11) is 0. The van der Waals surface area contributed by atoms with Gasteiger partial charge in [0.05, 0.1) is 6.20 Å². The number of nitrogens with two attached hydrogens (primary N) is 1. The molecule has 1 aliphatic heterocycles. The number of nitrogens with zero attached hydrogens (tertiary/aromatic N) is 3. The zero-order chi connectivity index (χ0) is 21.4. The van der Waals surface area contributed by atoms with Crippen LogP contribution in [0.15, 0.2) is 30.5 Å². The summed E-state index contributed by atoms with van der Waals surface area (Å²) in [5, 5.41) is 14.6. The van der Waals surface area contributed by atoms with Crippen molar-refractivity contribution in [2.75, 3.05) is 30.7 Å². The second-order valence-electron chi connectivity index (χ2n) is 8.71. The highest BCUT2D eigenvalue weighted by Crippen LogP contribution is 2.29. The lowest BCUT2D eigenvalue weighted by Gasteiger charge is -2.23. The summed E-state index contributed by atoms with van der Waals surface area (Å²) >= 11 is 0. The highest BCUT2D eigenvalue weighted by Gasteiger charge is 2.24. The number of rotatable bonds is 6. The number of carbonyl (C=O) groups is 1. The van der Waals surface area contributed by atoms with Crippen molar-refractivity contribution in [2.45, 2.75) is 38.6 Å². The predicted octanol–water partition coefficient (Wildman–Crippen LogP) is 2.59. The van der Waals surface area contributed by atoms with Crippen molar-refractivity contribution in [2.24, 2.45) is 5.92 Å². The molecule has 1 aromatic carbocycles. The van der Waals surface area contributed by atoms with Crippen LogP contribution in [-0.4, -0.2) is 46.2 Å². The van der Waals surface area contributed by atoms with Gasteiger partial charge in [0.1, 0.15) is 11.6 Å². The van der Waals surface area contributed by atoms with E-state index < -0.39 is 0 Å². The lowest BCUT2D eigenvalue weighted by atomic mass is 9.98. The van der Waals surface area contributed by atoms with Gasteiger partial charge < -0.3 is 21.7 Å². The Hall–Kier alpha value is -3.13. The number of aryl methyl sites for hydroxylation is 1. The third kappa shape index (κ3) is 4.20. The number of hydrogen-bond donors (Lipinski definition) is 4. The minimum Gasteiger partial charge on any atom is -0.384 e. The lowest BCUT2D eigenvalue weighted by Crippen LogP contribution is -2.31. The lowest BCUT2D eigenvalue weighted by molar-refractivity contribution is 0.0950. The summed E-state index contributed by atoms with van der Waals surface area (Å²) in [5.74, 6) is 1.94. The monoisotopic (exact) mass is 419 g/mol. The van der Waals surface area contributed by atoms with E-state index in [0.717, 1.165) is 55.0 Å². The van der Waals surface area contributed by atoms with Crippen LogP contribution >= 0.6 is 0 Å². The van der Waals surface area contributed by atoms with Crippen molar-refractivity contribution in [1.82, 2.24) is 25.2 Å². The Labute approximate surface area is 181 Å². The summed E-state index contributed by atoms with van der Waals surface area (Å²) < 4.78 is 1.82. The second-order valence-corrected chi connectivity index (χ2v) is 8.71. The van der Waals surface area contributed by atoms with E-state index in [2.05, 4.69) is 26.0 Å². The van der Waals surface area contributed by atoms with E-state index in [4.69, 9.17) is 5.73 Å². The Morgan fingerprint density at radius 1 is 1.23 bits per heavy atom. The Morgan fingerprint density at radius 3 is 2.77 bits per heavy atom. The Morgan fingerprint density at radius 2 is 2.03 bits per heavy atom. The van der Waals surface area contributed by atoms with Gasteiger partial charge in [-0.3, -0.25) is 4.79 Å². The van der Waals surface area contributed by atoms with Crippen molar-refractivity contribution in [1.29, 1.82) is 0 Å². The summed E-state index contributed by atoms with van der Waals surface area (Å²) in [6.45, 7) is 4.99. The van der Waals surface area contributed by atoms with Crippen molar-refractivity contribution in [3.8, 4) is 11.1 Å². The highest BCUT2D eigenvalue weighted by molar-refractivity contribution is 5.97. The van der Waals surface area contributed by atoms with Gasteiger partial charge in [-0.25, -0.2) is 4.98 Å². The Balaban J connectivity index is 1.41. The fourth-order valence-corrected chi connectivity index (χ4v) is 4.22. The average molecular weight is 420 g/mol. The standard InChI is InChI=1S/C23H29N7O/c1-14-10-16(2-5-18(14)23(31)28-17-3-4-17)19-13-27-30-21(11-20(24)29-22(19)30)26-12-15-6-8-25-9-7-15/h2,5,10-11,13,15,17,25-26H,3-4,6-9,12H2,1H3,(H2,24,29)(H,28,31). The molecule has 1 aliphatic carbocycles. The number of fused-ring (bicyclic) bond motifs is 1. The van der Waals surface area contributed by atoms with E-state index in [0.29, 0.717) is 29.0 Å². The second kappa shape index (κ2) is 8.19. The number of nitrogens with one attached hydrogen (secondary N) is 3. The maximum Gasteiger partial charge on any atom is 0.251 e. The van der Waals surface area contributed by atoms with Gasteiger partial charge in [-0.2, -0.15) is 9.61 Å². The van der Waals surface area contributed by atoms with Crippen LogP contribution in [0.5, 0.6) is 0 Å². The molecule has 1 saturated carbocycles. The van der Waals surface area contributed by atoms with Crippen LogP contribution in [0.2, 0.25) is 0 Å². The normalized spacial score (nSPS) is 17.1. The molecule has 162 valence electrons. The van der Waals surface area contributed by atoms with Gasteiger partial charge in [0, 0.05) is 29.8 Å². The molecule has 0 bridgehead atoms. The van der Waals surface area contributed by atoms with Crippen LogP contribution < -0.4 is 21.7 Å². The molecule has 5 rings (SSSR count). The largest absolute Gasteiger partial charge is 0.384 e. The Bertz CT molecular complexity index is 1110. The molecule has 3 aromatic rings. The van der Waals surface area contributed by atoms with E-state index in [1.54, 1.807) is 0 Å². The van der Waals surface area contributed by atoms with Crippen LogP contribution in [0.1, 0.15) is 41.6 Å². The number of anilines is 2. The SMILES string of the molecule is Cc1cc(-c2cnn3c(NCC4CCNCC4)cc(N)nc23)ccc1C(=O)NC1CC1. The maximum absolute atomic E-state index is 12.4. The molecule has 31 heavy (non-hydrogen) atoms. The first-order valence-electron chi connectivity index (χ1n) is 11.1. The molecule has 2 aliphatic rings. The first-order chi connectivity index (χ1) is 15.1. The van der Waals surface area contributed by atoms with E-state index >= 15 is 0 Å². The van der Waals surface area contributed by atoms with Gasteiger partial charge in [0.25, 0.3) is 5.91 Å². The summed E-state index contributed by atoms with van der Waals surface area (Å²) in [4.78, 5) is 17.0. The molecule has 1 amide bonds. The number of nitrogen functional groups attached to an aromatic ring is 1. The van der Waals surface area contributed by atoms with E-state index in [1.807, 2.05) is 41.9 Å². The fourth-order valence-electron chi connectivity index (χ4n) is 4.22. The average Bonchev–Trinajstić information content (AvgIpc) is 3.48. The molecule has 2 fully saturated rings. The van der Waals surface area contributed by atoms with Gasteiger partial charge >= 0.3 is 0 Å². The summed E-state index contributed by atoms with van der Waals surface area (Å²) in [5.41, 5.74) is 10.4. The molecule has 1 saturated heterocycles. The van der Waals surface area contributed by atoms with Crippen LogP contribution in [-0.2, 0) is 0 Å². The van der Waals surface area contributed by atoms with E-state index in [9.17, 15) is 4.79 Å². The number of carbonyl (C=O) groups excluding carboxylic acids is 1. The molecule has 0 atom stereocenters. The zero-order valence-electron chi connectivity index (χ0n) is 17.8. The molecule has 3 heterocycles. The van der Waals surface area contributed by atoms with Crippen LogP contribution in [0.25, 0.3) is 16.8 Å². The van der Waals surface area contributed by atoms with Crippen LogP contribution in [0.3, 0.4) is 0 Å². The maximum atomic E-state index is 12.4. The van der Waals surface area contributed by atoms with Crippen molar-refractivity contribution in [3.05, 3.63) is 41.6 Å². The van der Waals surface area contributed by atoms with Gasteiger partial charge in [-0.05, 0) is 68.8 Å². The summed E-state index contributed by atoms with van der Waals surface area (Å²) in [6, 6.07) is 8.04. The molecule has 8 heteroatoms. The highest BCUT2D eigenvalue weighted by atomic mass is 16.1. The summed E-state index contributed by atoms with van der Waals surface area (Å²) in [6.07, 6.45) is 6.30. The molecule has 0 radical (unpaired) electrons. The van der Waals surface area contributed by atoms with Gasteiger partial charge in [-0.1, -0.05) is 12.1 Å². The van der Waals surface area contributed by atoms with Crippen molar-refractivity contribution >= 4 is 23.2 Å². The number of aromatic nitrogens is 3. The molecule has 8 nitrogen and oxygen atoms in total. The molecule has 0 unspecified atom stereocenters. The molecule has 2 aromatic heterocycles. The topological polar surface area (TPSA) is 109 Å². The minimum atomic E-state index is -0.00168. The predicted molar refractivity (Wildman–Crippen MR) is 122 cm³/mol. The zero-order valence-corrected chi connectivity index (χ0v) is 17.8. The number of hydrogen-bond acceptors (Lipinski definition) is 6. The van der Waals surface area contributed by atoms with Gasteiger partial charge in [0.2, 0.25) is 0 Å². The van der Waals surface area contributed by atoms with Crippen LogP contribution in [0.4, 0.5) is 11.6 Å². The Kier molecular flexibility index (Phi) is 5.23. The first-order valence-corrected chi connectivity index (χ1v) is 11.1. The quantitative estimate of drug-likeness (QED) is 0.489. The number of benzene rings is 1. The third-order valence-corrected chi connectivity index (χ3v) is 6.22. The smallest absolute Gasteiger partial charge is 0.251 e. The minimum absolute atomic E-state index is 0.00168. The van der Waals surface area contributed by atoms with Gasteiger partial charge in [0.15, 0.2) is 5.65 Å².